The van der Waals surface area contributed by atoms with Gasteiger partial charge in [-0.1, -0.05) is 40.2 Å². The van der Waals surface area contributed by atoms with Crippen molar-refractivity contribution < 1.29 is 9.22 Å². The summed E-state index contributed by atoms with van der Waals surface area (Å²) in [5.74, 6) is 1.38. The van der Waals surface area contributed by atoms with E-state index >= 15 is 0 Å². The topological polar surface area (TPSA) is 26.3 Å². The zero-order valence-electron chi connectivity index (χ0n) is 15.2. The molecular weight excluding hydrogens is 276 g/mol. The van der Waals surface area contributed by atoms with Crippen LogP contribution in [0.3, 0.4) is 0 Å². The van der Waals surface area contributed by atoms with Crippen LogP contribution in [0, 0.1) is 17.8 Å². The van der Waals surface area contributed by atoms with Gasteiger partial charge in [0.15, 0.2) is 14.1 Å². The van der Waals surface area contributed by atoms with Crippen molar-refractivity contribution in [2.45, 2.75) is 72.5 Å². The van der Waals surface area contributed by atoms with E-state index in [1.165, 1.54) is 5.57 Å². The Morgan fingerprint density at radius 3 is 2.38 bits per heavy atom. The molecule has 0 saturated carbocycles. The van der Waals surface area contributed by atoms with Crippen molar-refractivity contribution in [2.24, 2.45) is 17.8 Å². The summed E-state index contributed by atoms with van der Waals surface area (Å²) in [4.78, 5) is 12.2. The van der Waals surface area contributed by atoms with Crippen LogP contribution in [0.2, 0.25) is 18.1 Å². The molecule has 0 heterocycles. The van der Waals surface area contributed by atoms with Crippen molar-refractivity contribution in [3.63, 3.8) is 0 Å². The van der Waals surface area contributed by atoms with Crippen LogP contribution in [0.5, 0.6) is 0 Å². The van der Waals surface area contributed by atoms with Gasteiger partial charge in [0.2, 0.25) is 0 Å². The van der Waals surface area contributed by atoms with Crippen LogP contribution in [-0.4, -0.2) is 20.7 Å². The normalized spacial score (nSPS) is 22.4. The maximum atomic E-state index is 12.2. The van der Waals surface area contributed by atoms with Gasteiger partial charge < -0.3 is 4.43 Å². The van der Waals surface area contributed by atoms with Crippen LogP contribution in [0.15, 0.2) is 11.6 Å². The molecule has 0 aliphatic heterocycles. The third kappa shape index (κ3) is 4.29. The van der Waals surface area contributed by atoms with E-state index in [9.17, 15) is 4.79 Å². The molecule has 0 spiro atoms. The van der Waals surface area contributed by atoms with Gasteiger partial charge in [-0.15, -0.1) is 0 Å². The molecule has 0 aromatic heterocycles. The van der Waals surface area contributed by atoms with Crippen molar-refractivity contribution in [3.8, 4) is 0 Å². The number of allylic oxidation sites excluding steroid dienone is 2. The van der Waals surface area contributed by atoms with Crippen LogP contribution in [0.4, 0.5) is 0 Å². The van der Waals surface area contributed by atoms with Crippen LogP contribution in [0.1, 0.15) is 54.4 Å². The molecule has 0 unspecified atom stereocenters. The van der Waals surface area contributed by atoms with Crippen molar-refractivity contribution in [1.29, 1.82) is 0 Å². The fourth-order valence-corrected chi connectivity index (χ4v) is 5.29. The standard InChI is InChI=1S/C18H34O2Si/c1-13(2)18(5,6)21(7,8)20-12-15(4)16-10-9-14(3)11-17(16)19/h11,13,15-16H,9-10,12H2,1-8H3/t15-,16-/m0/s1. The van der Waals surface area contributed by atoms with Crippen LogP contribution < -0.4 is 0 Å². The van der Waals surface area contributed by atoms with E-state index in [2.05, 4.69) is 54.6 Å². The maximum absolute atomic E-state index is 12.2. The van der Waals surface area contributed by atoms with Crippen molar-refractivity contribution >= 4 is 14.1 Å². The van der Waals surface area contributed by atoms with Gasteiger partial charge in [-0.05, 0) is 55.8 Å². The summed E-state index contributed by atoms with van der Waals surface area (Å²) in [5.41, 5.74) is 1.22. The van der Waals surface area contributed by atoms with Gasteiger partial charge in [-0.25, -0.2) is 0 Å². The number of hydrogen-bond donors (Lipinski definition) is 0. The van der Waals surface area contributed by atoms with Gasteiger partial charge in [0.25, 0.3) is 0 Å². The second-order valence-electron chi connectivity index (χ2n) is 8.21. The molecule has 2 nitrogen and oxygen atoms in total. The van der Waals surface area contributed by atoms with E-state index in [0.29, 0.717) is 17.6 Å². The van der Waals surface area contributed by atoms with E-state index in [1.807, 2.05) is 6.08 Å². The minimum atomic E-state index is -1.78. The molecule has 2 atom stereocenters. The molecular formula is C18H34O2Si. The summed E-state index contributed by atoms with van der Waals surface area (Å²) in [6.07, 6.45) is 3.88. The molecule has 1 rings (SSSR count). The zero-order valence-corrected chi connectivity index (χ0v) is 16.2. The largest absolute Gasteiger partial charge is 0.417 e. The monoisotopic (exact) mass is 310 g/mol. The van der Waals surface area contributed by atoms with Gasteiger partial charge in [-0.2, -0.15) is 0 Å². The summed E-state index contributed by atoms with van der Waals surface area (Å²) in [5, 5.41) is 0.236. The fraction of sp³-hybridized carbons (Fsp3) is 0.833. The summed E-state index contributed by atoms with van der Waals surface area (Å²) >= 11 is 0. The Balaban J connectivity index is 2.65. The highest BCUT2D eigenvalue weighted by Gasteiger charge is 2.43. The Morgan fingerprint density at radius 1 is 1.33 bits per heavy atom. The van der Waals surface area contributed by atoms with E-state index in [0.717, 1.165) is 19.4 Å². The van der Waals surface area contributed by atoms with Gasteiger partial charge in [0.1, 0.15) is 0 Å². The van der Waals surface area contributed by atoms with Gasteiger partial charge in [0.05, 0.1) is 0 Å². The Morgan fingerprint density at radius 2 is 1.90 bits per heavy atom. The van der Waals surface area contributed by atoms with Crippen LogP contribution in [0.25, 0.3) is 0 Å². The fourth-order valence-electron chi connectivity index (χ4n) is 2.85. The molecule has 1 aliphatic rings. The molecule has 122 valence electrons. The molecule has 1 aliphatic carbocycles. The lowest BCUT2D eigenvalue weighted by Crippen LogP contribution is -2.46. The molecule has 0 fully saturated rings. The summed E-state index contributed by atoms with van der Waals surface area (Å²) in [6.45, 7) is 18.8. The smallest absolute Gasteiger partial charge is 0.192 e. The highest BCUT2D eigenvalue weighted by molar-refractivity contribution is 6.74. The third-order valence-electron chi connectivity index (χ3n) is 5.99. The average Bonchev–Trinajstić information content (AvgIpc) is 2.35. The number of hydrogen-bond acceptors (Lipinski definition) is 2. The number of carbonyl (C=O) groups excluding carboxylic acids is 1. The average molecular weight is 311 g/mol. The van der Waals surface area contributed by atoms with E-state index in [-0.39, 0.29) is 11.0 Å². The van der Waals surface area contributed by atoms with E-state index < -0.39 is 8.32 Å². The van der Waals surface area contributed by atoms with Crippen molar-refractivity contribution in [1.82, 2.24) is 0 Å². The number of rotatable bonds is 6. The second-order valence-corrected chi connectivity index (χ2v) is 12.8. The first-order valence-electron chi connectivity index (χ1n) is 8.34. The first-order chi connectivity index (χ1) is 9.49. The predicted octanol–water partition coefficient (Wildman–Crippen LogP) is 5.21. The van der Waals surface area contributed by atoms with Gasteiger partial charge >= 0.3 is 0 Å². The predicted molar refractivity (Wildman–Crippen MR) is 93.0 cm³/mol. The Kier molecular flexibility index (Phi) is 6.02. The third-order valence-corrected chi connectivity index (χ3v) is 10.6. The van der Waals surface area contributed by atoms with Gasteiger partial charge in [0, 0.05) is 12.5 Å². The summed E-state index contributed by atoms with van der Waals surface area (Å²) in [6, 6.07) is 0. The molecule has 3 heteroatoms. The van der Waals surface area contributed by atoms with Crippen LogP contribution in [-0.2, 0) is 9.22 Å². The van der Waals surface area contributed by atoms with Crippen molar-refractivity contribution in [3.05, 3.63) is 11.6 Å². The van der Waals surface area contributed by atoms with Gasteiger partial charge in [-0.3, -0.25) is 4.79 Å². The minimum absolute atomic E-state index is 0.153. The Bertz CT molecular complexity index is 407. The second kappa shape index (κ2) is 6.78. The van der Waals surface area contributed by atoms with E-state index in [4.69, 9.17) is 4.43 Å². The molecule has 0 saturated heterocycles. The first kappa shape index (κ1) is 18.6. The first-order valence-corrected chi connectivity index (χ1v) is 11.2. The lowest BCUT2D eigenvalue weighted by molar-refractivity contribution is -0.120. The zero-order chi connectivity index (χ0) is 16.4. The molecule has 0 radical (unpaired) electrons. The summed E-state index contributed by atoms with van der Waals surface area (Å²) < 4.78 is 6.41. The minimum Gasteiger partial charge on any atom is -0.417 e. The molecule has 21 heavy (non-hydrogen) atoms. The van der Waals surface area contributed by atoms with Crippen LogP contribution >= 0.6 is 0 Å². The number of ketones is 1. The Hall–Kier alpha value is -0.413. The SMILES string of the molecule is CC1=CC(=O)[C@H]([C@@H](C)CO[Si](C)(C)C(C)(C)C(C)C)CC1. The maximum Gasteiger partial charge on any atom is 0.192 e. The van der Waals surface area contributed by atoms with Crippen molar-refractivity contribution in [2.75, 3.05) is 6.61 Å². The molecule has 0 aromatic carbocycles. The molecule has 0 N–H and O–H groups in total. The summed E-state index contributed by atoms with van der Waals surface area (Å²) in [7, 11) is -1.78. The highest BCUT2D eigenvalue weighted by atomic mass is 28.4. The molecule has 0 amide bonds. The molecule has 0 aromatic rings. The lowest BCUT2D eigenvalue weighted by Gasteiger charge is -2.43. The Labute approximate surface area is 132 Å². The highest BCUT2D eigenvalue weighted by Crippen LogP contribution is 2.45. The number of carbonyl (C=O) groups is 1. The molecule has 0 bridgehead atoms. The lowest BCUT2D eigenvalue weighted by atomic mass is 9.81. The van der Waals surface area contributed by atoms with E-state index in [1.54, 1.807) is 0 Å². The quantitative estimate of drug-likeness (QED) is 0.630.